The highest BCUT2D eigenvalue weighted by atomic mass is 16.4. The van der Waals surface area contributed by atoms with Crippen molar-refractivity contribution < 1.29 is 9.90 Å². The molecule has 13 heavy (non-hydrogen) atoms. The fourth-order valence-electron chi connectivity index (χ4n) is 0.739. The van der Waals surface area contributed by atoms with Gasteiger partial charge in [-0.25, -0.2) is 9.78 Å². The van der Waals surface area contributed by atoms with Crippen LogP contribution in [-0.2, 0) is 0 Å². The summed E-state index contributed by atoms with van der Waals surface area (Å²) in [6.45, 7) is 5.71. The Bertz CT molecular complexity index is 298. The third-order valence-electron chi connectivity index (χ3n) is 1.27. The van der Waals surface area contributed by atoms with Gasteiger partial charge in [-0.2, -0.15) is 0 Å². The second-order valence-corrected chi connectivity index (χ2v) is 2.20. The number of hydrogen-bond acceptors (Lipinski definition) is 3. The fraction of sp³-hybridized carbons (Fsp3) is 0.333. The molecule has 0 fully saturated rings. The number of aromatic carboxylic acids is 1. The lowest BCUT2D eigenvalue weighted by Crippen LogP contribution is -2.05. The van der Waals surface area contributed by atoms with Crippen LogP contribution in [0.15, 0.2) is 12.1 Å². The predicted octanol–water partition coefficient (Wildman–Crippen LogP) is 1.70. The molecule has 0 aliphatic carbocycles. The average molecular weight is 182 g/mol. The van der Waals surface area contributed by atoms with Gasteiger partial charge in [0.2, 0.25) is 0 Å². The Balaban J connectivity index is 0.000000671. The topological polar surface area (TPSA) is 76.2 Å². The van der Waals surface area contributed by atoms with Crippen LogP contribution < -0.4 is 5.73 Å². The van der Waals surface area contributed by atoms with E-state index < -0.39 is 5.97 Å². The highest BCUT2D eigenvalue weighted by Gasteiger charge is 2.08. The van der Waals surface area contributed by atoms with Crippen LogP contribution in [0.2, 0.25) is 0 Å². The summed E-state index contributed by atoms with van der Waals surface area (Å²) in [7, 11) is 0. The molecule has 0 bridgehead atoms. The molecule has 0 radical (unpaired) electrons. The minimum atomic E-state index is -1.09. The molecule has 0 aromatic carbocycles. The van der Waals surface area contributed by atoms with Crippen molar-refractivity contribution in [1.29, 1.82) is 0 Å². The van der Waals surface area contributed by atoms with E-state index in [4.69, 9.17) is 10.8 Å². The maximum absolute atomic E-state index is 10.4. The third-order valence-corrected chi connectivity index (χ3v) is 1.27. The Morgan fingerprint density at radius 2 is 2.00 bits per heavy atom. The molecule has 0 aliphatic heterocycles. The van der Waals surface area contributed by atoms with E-state index in [1.807, 2.05) is 13.8 Å². The average Bonchev–Trinajstić information content (AvgIpc) is 2.12. The molecule has 1 heterocycles. The summed E-state index contributed by atoms with van der Waals surface area (Å²) in [6.07, 6.45) is 0. The van der Waals surface area contributed by atoms with Crippen molar-refractivity contribution in [3.05, 3.63) is 23.5 Å². The van der Waals surface area contributed by atoms with Crippen molar-refractivity contribution in [2.75, 3.05) is 5.73 Å². The smallest absolute Gasteiger partial charge is 0.356 e. The number of anilines is 1. The third kappa shape index (κ3) is 3.11. The van der Waals surface area contributed by atoms with Gasteiger partial charge < -0.3 is 10.8 Å². The molecule has 0 unspecified atom stereocenters. The number of nitrogens with two attached hydrogens (primary N) is 1. The molecule has 0 atom stereocenters. The van der Waals surface area contributed by atoms with E-state index in [0.29, 0.717) is 5.69 Å². The van der Waals surface area contributed by atoms with Gasteiger partial charge in [-0.3, -0.25) is 0 Å². The van der Waals surface area contributed by atoms with Crippen LogP contribution in [0.5, 0.6) is 0 Å². The number of nitrogens with zero attached hydrogens (tertiary/aromatic N) is 1. The first-order valence-electron chi connectivity index (χ1n) is 4.07. The van der Waals surface area contributed by atoms with Crippen molar-refractivity contribution in [1.82, 2.24) is 4.98 Å². The van der Waals surface area contributed by atoms with Gasteiger partial charge in [0.05, 0.1) is 5.69 Å². The maximum atomic E-state index is 10.4. The van der Waals surface area contributed by atoms with Crippen molar-refractivity contribution in [3.8, 4) is 0 Å². The number of nitrogen functional groups attached to an aromatic ring is 1. The summed E-state index contributed by atoms with van der Waals surface area (Å²) in [5.74, 6) is -1.09. The Labute approximate surface area is 77.4 Å². The number of aryl methyl sites for hydroxylation is 1. The lowest BCUT2D eigenvalue weighted by Gasteiger charge is -1.99. The number of rotatable bonds is 1. The predicted molar refractivity (Wildman–Crippen MR) is 51.7 cm³/mol. The van der Waals surface area contributed by atoms with Gasteiger partial charge >= 0.3 is 5.97 Å². The van der Waals surface area contributed by atoms with E-state index in [1.165, 1.54) is 6.07 Å². The van der Waals surface area contributed by atoms with E-state index in [-0.39, 0.29) is 11.4 Å². The first kappa shape index (κ1) is 11.4. The Morgan fingerprint density at radius 1 is 1.46 bits per heavy atom. The van der Waals surface area contributed by atoms with Crippen LogP contribution >= 0.6 is 0 Å². The van der Waals surface area contributed by atoms with Crippen molar-refractivity contribution in [3.63, 3.8) is 0 Å². The number of aromatic nitrogens is 1. The molecule has 3 N–H and O–H groups in total. The van der Waals surface area contributed by atoms with Crippen LogP contribution in [0.25, 0.3) is 0 Å². The highest BCUT2D eigenvalue weighted by molar-refractivity contribution is 5.91. The van der Waals surface area contributed by atoms with Gasteiger partial charge in [-0.15, -0.1) is 0 Å². The summed E-state index contributed by atoms with van der Waals surface area (Å²) in [5.41, 5.74) is 6.12. The van der Waals surface area contributed by atoms with Gasteiger partial charge in [-0.05, 0) is 19.1 Å². The summed E-state index contributed by atoms with van der Waals surface area (Å²) in [5, 5.41) is 8.55. The zero-order valence-corrected chi connectivity index (χ0v) is 8.03. The van der Waals surface area contributed by atoms with Crippen LogP contribution in [-0.4, -0.2) is 16.1 Å². The van der Waals surface area contributed by atoms with E-state index in [1.54, 1.807) is 13.0 Å². The quantitative estimate of drug-likeness (QED) is 0.693. The molecule has 0 saturated heterocycles. The SMILES string of the molecule is CC.Cc1ccc(N)c(C(=O)O)n1. The van der Waals surface area contributed by atoms with Gasteiger partial charge in [0.25, 0.3) is 0 Å². The minimum Gasteiger partial charge on any atom is -0.476 e. The van der Waals surface area contributed by atoms with Crippen molar-refractivity contribution in [2.45, 2.75) is 20.8 Å². The van der Waals surface area contributed by atoms with E-state index in [9.17, 15) is 4.79 Å². The molecule has 0 saturated carbocycles. The molecular weight excluding hydrogens is 168 g/mol. The lowest BCUT2D eigenvalue weighted by molar-refractivity contribution is 0.0691. The Morgan fingerprint density at radius 3 is 2.38 bits per heavy atom. The first-order valence-corrected chi connectivity index (χ1v) is 4.07. The van der Waals surface area contributed by atoms with E-state index >= 15 is 0 Å². The summed E-state index contributed by atoms with van der Waals surface area (Å²) in [6, 6.07) is 3.20. The van der Waals surface area contributed by atoms with Crippen LogP contribution in [0.4, 0.5) is 5.69 Å². The minimum absolute atomic E-state index is 0.0787. The van der Waals surface area contributed by atoms with Gasteiger partial charge in [0.1, 0.15) is 0 Å². The van der Waals surface area contributed by atoms with Gasteiger partial charge in [0, 0.05) is 5.69 Å². The standard InChI is InChI=1S/C7H8N2O2.C2H6/c1-4-2-3-5(8)6(9-4)7(10)11;1-2/h2-3H,8H2,1H3,(H,10,11);1-2H3. The normalized spacial score (nSPS) is 8.54. The zero-order chi connectivity index (χ0) is 10.4. The molecule has 72 valence electrons. The lowest BCUT2D eigenvalue weighted by atomic mass is 10.2. The van der Waals surface area contributed by atoms with Crippen molar-refractivity contribution >= 4 is 11.7 Å². The second-order valence-electron chi connectivity index (χ2n) is 2.20. The molecule has 4 nitrogen and oxygen atoms in total. The van der Waals surface area contributed by atoms with Crippen molar-refractivity contribution in [2.24, 2.45) is 0 Å². The Kier molecular flexibility index (Phi) is 4.51. The van der Waals surface area contributed by atoms with E-state index in [0.717, 1.165) is 0 Å². The number of pyridine rings is 1. The highest BCUT2D eigenvalue weighted by Crippen LogP contribution is 2.08. The number of carboxylic acids is 1. The number of carboxylic acid groups (broad SMARTS) is 1. The summed E-state index contributed by atoms with van der Waals surface area (Å²) in [4.78, 5) is 14.2. The number of carbonyl (C=O) groups is 1. The maximum Gasteiger partial charge on any atom is 0.356 e. The van der Waals surface area contributed by atoms with Crippen LogP contribution in [0.3, 0.4) is 0 Å². The molecule has 1 rings (SSSR count). The molecule has 1 aromatic heterocycles. The summed E-state index contributed by atoms with van der Waals surface area (Å²) < 4.78 is 0. The molecule has 4 heteroatoms. The number of hydrogen-bond donors (Lipinski definition) is 2. The van der Waals surface area contributed by atoms with Crippen LogP contribution in [0, 0.1) is 6.92 Å². The second kappa shape index (κ2) is 5.13. The molecule has 0 amide bonds. The molecule has 0 aliphatic rings. The monoisotopic (exact) mass is 182 g/mol. The zero-order valence-electron chi connectivity index (χ0n) is 8.03. The first-order chi connectivity index (χ1) is 6.11. The molecule has 0 spiro atoms. The largest absolute Gasteiger partial charge is 0.476 e. The van der Waals surface area contributed by atoms with Gasteiger partial charge in [-0.1, -0.05) is 13.8 Å². The summed E-state index contributed by atoms with van der Waals surface area (Å²) >= 11 is 0. The van der Waals surface area contributed by atoms with Gasteiger partial charge in [0.15, 0.2) is 5.69 Å². The Hall–Kier alpha value is -1.58. The fourth-order valence-corrected chi connectivity index (χ4v) is 0.739. The molecular formula is C9H14N2O2. The van der Waals surface area contributed by atoms with E-state index in [2.05, 4.69) is 4.98 Å². The van der Waals surface area contributed by atoms with Crippen LogP contribution in [0.1, 0.15) is 30.0 Å². The molecule has 1 aromatic rings.